The summed E-state index contributed by atoms with van der Waals surface area (Å²) in [6.45, 7) is 2.26. The number of nitrogens with one attached hydrogen (secondary N) is 2. The van der Waals surface area contributed by atoms with Crippen molar-refractivity contribution in [2.75, 3.05) is 11.9 Å². The third-order valence-corrected chi connectivity index (χ3v) is 6.44. The highest BCUT2D eigenvalue weighted by Gasteiger charge is 2.27. The van der Waals surface area contributed by atoms with E-state index in [1.165, 1.54) is 30.3 Å². The fraction of sp³-hybridized carbons (Fsp3) is 0.308. The molecule has 0 bridgehead atoms. The molecule has 1 unspecified atom stereocenters. The standard InChI is InChI=1S/C26H28N4O/c1-17-7-10-23-24(30(17)2)12-11-21(19(15-27)16-29-20-8-9-20)25(23)31-26-22-6-4-3-5-18(22)13-14-28-26/h3-6,11-17,20,27,29H,7-10H2,1-2H3/b19-16+,27-15?. The van der Waals surface area contributed by atoms with E-state index < -0.39 is 0 Å². The number of pyridine rings is 1. The van der Waals surface area contributed by atoms with E-state index in [9.17, 15) is 0 Å². The molecule has 1 aliphatic heterocycles. The van der Waals surface area contributed by atoms with Crippen molar-refractivity contribution < 1.29 is 4.74 Å². The number of rotatable bonds is 6. The summed E-state index contributed by atoms with van der Waals surface area (Å²) in [4.78, 5) is 6.89. The summed E-state index contributed by atoms with van der Waals surface area (Å²) in [6, 6.07) is 15.4. The van der Waals surface area contributed by atoms with Crippen LogP contribution in [-0.2, 0) is 6.42 Å². The smallest absolute Gasteiger partial charge is 0.227 e. The first-order chi connectivity index (χ1) is 15.2. The van der Waals surface area contributed by atoms with Crippen LogP contribution >= 0.6 is 0 Å². The molecule has 1 fully saturated rings. The van der Waals surface area contributed by atoms with Crippen LogP contribution < -0.4 is 15.0 Å². The molecule has 158 valence electrons. The van der Waals surface area contributed by atoms with Crippen LogP contribution in [-0.4, -0.2) is 30.3 Å². The van der Waals surface area contributed by atoms with E-state index in [0.717, 1.165) is 40.5 Å². The van der Waals surface area contributed by atoms with Gasteiger partial charge in [-0.15, -0.1) is 0 Å². The zero-order valence-electron chi connectivity index (χ0n) is 18.1. The van der Waals surface area contributed by atoms with Gasteiger partial charge in [0.15, 0.2) is 0 Å². The van der Waals surface area contributed by atoms with Crippen LogP contribution in [0.25, 0.3) is 16.3 Å². The molecule has 0 spiro atoms. The Morgan fingerprint density at radius 3 is 2.81 bits per heavy atom. The van der Waals surface area contributed by atoms with Crippen LogP contribution in [0.1, 0.15) is 37.3 Å². The zero-order valence-corrected chi connectivity index (χ0v) is 18.1. The van der Waals surface area contributed by atoms with Crippen LogP contribution in [0.2, 0.25) is 0 Å². The van der Waals surface area contributed by atoms with Gasteiger partial charge < -0.3 is 20.4 Å². The molecule has 2 heterocycles. The Morgan fingerprint density at radius 2 is 2.00 bits per heavy atom. The summed E-state index contributed by atoms with van der Waals surface area (Å²) in [5, 5.41) is 13.6. The third kappa shape index (κ3) is 3.76. The molecule has 31 heavy (non-hydrogen) atoms. The topological polar surface area (TPSA) is 61.2 Å². The van der Waals surface area contributed by atoms with Crippen molar-refractivity contribution >= 4 is 28.2 Å². The molecule has 5 rings (SSSR count). The Morgan fingerprint density at radius 1 is 1.16 bits per heavy atom. The third-order valence-electron chi connectivity index (χ3n) is 6.44. The van der Waals surface area contributed by atoms with Crippen LogP contribution in [0.5, 0.6) is 11.6 Å². The van der Waals surface area contributed by atoms with E-state index >= 15 is 0 Å². The molecule has 2 aliphatic rings. The van der Waals surface area contributed by atoms with Gasteiger partial charge in [0.05, 0.1) is 0 Å². The van der Waals surface area contributed by atoms with Crippen molar-refractivity contribution in [2.24, 2.45) is 0 Å². The fourth-order valence-electron chi connectivity index (χ4n) is 4.24. The van der Waals surface area contributed by atoms with Crippen molar-refractivity contribution in [3.8, 4) is 11.6 Å². The average Bonchev–Trinajstić information content (AvgIpc) is 3.62. The first-order valence-corrected chi connectivity index (χ1v) is 11.0. The highest BCUT2D eigenvalue weighted by atomic mass is 16.5. The quantitative estimate of drug-likeness (QED) is 0.522. The number of hydrogen-bond acceptors (Lipinski definition) is 5. The second kappa shape index (κ2) is 8.06. The van der Waals surface area contributed by atoms with E-state index in [1.807, 2.05) is 30.5 Å². The van der Waals surface area contributed by atoms with Gasteiger partial charge in [-0.3, -0.25) is 0 Å². The van der Waals surface area contributed by atoms with Crippen molar-refractivity contribution in [3.05, 3.63) is 66.0 Å². The van der Waals surface area contributed by atoms with E-state index in [2.05, 4.69) is 47.4 Å². The molecule has 2 N–H and O–H groups in total. The Hall–Kier alpha value is -3.34. The summed E-state index contributed by atoms with van der Waals surface area (Å²) >= 11 is 0. The number of allylic oxidation sites excluding steroid dienone is 1. The number of hydrogen-bond donors (Lipinski definition) is 2. The summed E-state index contributed by atoms with van der Waals surface area (Å²) in [7, 11) is 2.14. The minimum Gasteiger partial charge on any atom is -0.437 e. The van der Waals surface area contributed by atoms with Crippen LogP contribution in [0, 0.1) is 5.41 Å². The second-order valence-electron chi connectivity index (χ2n) is 8.56. The predicted molar refractivity (Wildman–Crippen MR) is 127 cm³/mol. The van der Waals surface area contributed by atoms with Crippen LogP contribution in [0.3, 0.4) is 0 Å². The minimum atomic E-state index is 0.483. The van der Waals surface area contributed by atoms with Crippen molar-refractivity contribution in [1.29, 1.82) is 5.41 Å². The highest BCUT2D eigenvalue weighted by molar-refractivity contribution is 6.09. The van der Waals surface area contributed by atoms with E-state index in [4.69, 9.17) is 10.1 Å². The Kier molecular flexibility index (Phi) is 5.10. The van der Waals surface area contributed by atoms with Crippen LogP contribution in [0.4, 0.5) is 5.69 Å². The van der Waals surface area contributed by atoms with Gasteiger partial charge in [0.25, 0.3) is 0 Å². The van der Waals surface area contributed by atoms with Gasteiger partial charge in [0.1, 0.15) is 5.75 Å². The van der Waals surface area contributed by atoms with Gasteiger partial charge >= 0.3 is 0 Å². The van der Waals surface area contributed by atoms with Gasteiger partial charge in [0, 0.05) is 65.5 Å². The molecule has 0 radical (unpaired) electrons. The molecule has 2 aromatic carbocycles. The maximum atomic E-state index is 8.07. The zero-order chi connectivity index (χ0) is 21.4. The van der Waals surface area contributed by atoms with Crippen molar-refractivity contribution in [1.82, 2.24) is 10.3 Å². The molecule has 0 saturated heterocycles. The molecule has 3 aromatic rings. The number of fused-ring (bicyclic) bond motifs is 2. The molecule has 0 amide bonds. The van der Waals surface area contributed by atoms with Gasteiger partial charge in [-0.2, -0.15) is 0 Å². The number of nitrogens with zero attached hydrogens (tertiary/aromatic N) is 2. The summed E-state index contributed by atoms with van der Waals surface area (Å²) in [6.07, 6.45) is 9.56. The molecule has 1 aliphatic carbocycles. The minimum absolute atomic E-state index is 0.483. The molecular weight excluding hydrogens is 384 g/mol. The lowest BCUT2D eigenvalue weighted by atomic mass is 9.92. The summed E-state index contributed by atoms with van der Waals surface area (Å²) in [5.74, 6) is 1.42. The molecule has 1 aromatic heterocycles. The first kappa shape index (κ1) is 19.6. The lowest BCUT2D eigenvalue weighted by molar-refractivity contribution is 0.455. The van der Waals surface area contributed by atoms with Gasteiger partial charge in [-0.05, 0) is 62.3 Å². The van der Waals surface area contributed by atoms with Gasteiger partial charge in [-0.25, -0.2) is 4.98 Å². The Balaban J connectivity index is 1.65. The largest absolute Gasteiger partial charge is 0.437 e. The number of benzene rings is 2. The molecular formula is C26H28N4O. The molecule has 1 atom stereocenters. The summed E-state index contributed by atoms with van der Waals surface area (Å²) in [5.41, 5.74) is 4.13. The van der Waals surface area contributed by atoms with Crippen molar-refractivity contribution in [3.63, 3.8) is 0 Å². The predicted octanol–water partition coefficient (Wildman–Crippen LogP) is 5.54. The maximum absolute atomic E-state index is 8.07. The van der Waals surface area contributed by atoms with Crippen LogP contribution in [0.15, 0.2) is 54.9 Å². The Labute approximate surface area is 183 Å². The molecule has 5 nitrogen and oxygen atoms in total. The molecule has 1 saturated carbocycles. The highest BCUT2D eigenvalue weighted by Crippen LogP contribution is 2.43. The maximum Gasteiger partial charge on any atom is 0.227 e. The monoisotopic (exact) mass is 412 g/mol. The molecule has 5 heteroatoms. The van der Waals surface area contributed by atoms with Gasteiger partial charge in [-0.1, -0.05) is 18.2 Å². The number of aromatic nitrogens is 1. The SMILES string of the molecule is CC1CCc2c(ccc(/C(C=N)=C/NC3CC3)c2Oc2nccc3ccccc23)N1C. The lowest BCUT2D eigenvalue weighted by Gasteiger charge is -2.35. The fourth-order valence-corrected chi connectivity index (χ4v) is 4.24. The van der Waals surface area contributed by atoms with E-state index in [0.29, 0.717) is 18.0 Å². The summed E-state index contributed by atoms with van der Waals surface area (Å²) < 4.78 is 6.60. The number of anilines is 1. The average molecular weight is 413 g/mol. The number of ether oxygens (including phenoxy) is 1. The lowest BCUT2D eigenvalue weighted by Crippen LogP contribution is -2.33. The van der Waals surface area contributed by atoms with E-state index in [1.54, 1.807) is 6.20 Å². The normalized spacial score (nSPS) is 18.6. The van der Waals surface area contributed by atoms with Gasteiger partial charge in [0.2, 0.25) is 5.88 Å². The first-order valence-electron chi connectivity index (χ1n) is 11.0. The Bertz CT molecular complexity index is 1160. The van der Waals surface area contributed by atoms with E-state index in [-0.39, 0.29) is 0 Å². The second-order valence-corrected chi connectivity index (χ2v) is 8.56. The van der Waals surface area contributed by atoms with Crippen molar-refractivity contribution in [2.45, 2.75) is 44.7 Å².